The fourth-order valence-corrected chi connectivity index (χ4v) is 2.42. The normalized spacial score (nSPS) is 11.8. The number of aromatic nitrogens is 5. The Hall–Kier alpha value is -4.01. The van der Waals surface area contributed by atoms with Crippen molar-refractivity contribution in [3.63, 3.8) is 0 Å². The zero-order valence-electron chi connectivity index (χ0n) is 14.0. The number of aliphatic hydroxyl groups is 1. The molecular formula is C18H15N5O4. The molecule has 2 aromatic heterocycles. The molecule has 0 amide bonds. The van der Waals surface area contributed by atoms with Gasteiger partial charge in [-0.25, -0.2) is 4.79 Å². The molecule has 0 bridgehead atoms. The van der Waals surface area contributed by atoms with Crippen LogP contribution in [0.1, 0.15) is 27.4 Å². The SMILES string of the molecule is O=C(O)C=Cc1cc(C(O)=CC(=O)c2nn[nH]n2)cn1Cc1ccccc1. The molecule has 9 nitrogen and oxygen atoms in total. The summed E-state index contributed by atoms with van der Waals surface area (Å²) >= 11 is 0. The van der Waals surface area contributed by atoms with Crippen LogP contribution >= 0.6 is 0 Å². The summed E-state index contributed by atoms with van der Waals surface area (Å²) in [5.41, 5.74) is 1.91. The molecule has 2 heterocycles. The predicted molar refractivity (Wildman–Crippen MR) is 95.8 cm³/mol. The van der Waals surface area contributed by atoms with Crippen molar-refractivity contribution in [1.29, 1.82) is 0 Å². The molecule has 0 spiro atoms. The number of nitrogens with zero attached hydrogens (tertiary/aromatic N) is 4. The van der Waals surface area contributed by atoms with Gasteiger partial charge < -0.3 is 14.8 Å². The van der Waals surface area contributed by atoms with E-state index >= 15 is 0 Å². The summed E-state index contributed by atoms with van der Waals surface area (Å²) in [6.45, 7) is 0.464. The fraction of sp³-hybridized carbons (Fsp3) is 0.0556. The van der Waals surface area contributed by atoms with Crippen LogP contribution in [0.3, 0.4) is 0 Å². The van der Waals surface area contributed by atoms with Gasteiger partial charge in [-0.3, -0.25) is 4.79 Å². The van der Waals surface area contributed by atoms with E-state index in [-0.39, 0.29) is 11.6 Å². The standard InChI is InChI=1S/C18H15N5O4/c24-15(9-16(25)18-19-21-22-20-18)13-8-14(6-7-17(26)27)23(11-13)10-12-4-2-1-3-5-12/h1-9,11,24H,10H2,(H,26,27)(H,19,20,21,22). The van der Waals surface area contributed by atoms with Crippen molar-refractivity contribution in [3.8, 4) is 0 Å². The van der Waals surface area contributed by atoms with Crippen LogP contribution in [0.15, 0.2) is 54.7 Å². The van der Waals surface area contributed by atoms with Crippen LogP contribution in [-0.4, -0.2) is 47.2 Å². The molecule has 0 saturated carbocycles. The first kappa shape index (κ1) is 17.8. The number of aliphatic hydroxyl groups excluding tert-OH is 1. The third kappa shape index (κ3) is 4.54. The van der Waals surface area contributed by atoms with Crippen molar-refractivity contribution < 1.29 is 19.8 Å². The lowest BCUT2D eigenvalue weighted by Crippen LogP contribution is -2.00. The van der Waals surface area contributed by atoms with Gasteiger partial charge in [-0.15, -0.1) is 10.2 Å². The number of hydrogen-bond donors (Lipinski definition) is 3. The molecule has 0 aliphatic heterocycles. The van der Waals surface area contributed by atoms with Crippen molar-refractivity contribution >= 4 is 23.6 Å². The number of allylic oxidation sites excluding steroid dienone is 1. The van der Waals surface area contributed by atoms with Crippen molar-refractivity contribution in [1.82, 2.24) is 25.2 Å². The molecule has 136 valence electrons. The highest BCUT2D eigenvalue weighted by Gasteiger charge is 2.13. The lowest BCUT2D eigenvalue weighted by atomic mass is 10.2. The molecule has 27 heavy (non-hydrogen) atoms. The number of carboxylic acids is 1. The number of aliphatic carboxylic acids is 1. The first-order valence-electron chi connectivity index (χ1n) is 7.87. The first-order valence-corrected chi connectivity index (χ1v) is 7.87. The maximum absolute atomic E-state index is 12.0. The second kappa shape index (κ2) is 7.91. The molecule has 9 heteroatoms. The number of nitrogens with one attached hydrogen (secondary N) is 1. The number of H-pyrrole nitrogens is 1. The average Bonchev–Trinajstić information content (AvgIpc) is 3.31. The predicted octanol–water partition coefficient (Wildman–Crippen LogP) is 1.93. The summed E-state index contributed by atoms with van der Waals surface area (Å²) in [5, 5.41) is 31.7. The highest BCUT2D eigenvalue weighted by molar-refractivity contribution is 6.05. The van der Waals surface area contributed by atoms with Crippen molar-refractivity contribution in [2.24, 2.45) is 0 Å². The minimum Gasteiger partial charge on any atom is -0.507 e. The summed E-state index contributed by atoms with van der Waals surface area (Å²) in [6.07, 6.45) is 5.04. The van der Waals surface area contributed by atoms with E-state index in [0.717, 1.165) is 17.7 Å². The van der Waals surface area contributed by atoms with E-state index in [0.29, 0.717) is 17.8 Å². The molecule has 0 fully saturated rings. The van der Waals surface area contributed by atoms with Crippen LogP contribution in [0.25, 0.3) is 11.8 Å². The number of rotatable bonds is 7. The maximum atomic E-state index is 12.0. The second-order valence-electron chi connectivity index (χ2n) is 5.57. The summed E-state index contributed by atoms with van der Waals surface area (Å²) in [7, 11) is 0. The van der Waals surface area contributed by atoms with Gasteiger partial charge in [-0.1, -0.05) is 30.3 Å². The molecule has 0 aliphatic carbocycles. The highest BCUT2D eigenvalue weighted by Crippen LogP contribution is 2.19. The van der Waals surface area contributed by atoms with Gasteiger partial charge in [0, 0.05) is 36.2 Å². The van der Waals surface area contributed by atoms with E-state index in [9.17, 15) is 14.7 Å². The number of ketones is 1. The summed E-state index contributed by atoms with van der Waals surface area (Å²) in [4.78, 5) is 22.8. The van der Waals surface area contributed by atoms with Gasteiger partial charge in [0.05, 0.1) is 0 Å². The van der Waals surface area contributed by atoms with E-state index in [1.165, 1.54) is 6.08 Å². The molecule has 0 unspecified atom stereocenters. The molecule has 0 atom stereocenters. The summed E-state index contributed by atoms with van der Waals surface area (Å²) in [5.74, 6) is -2.16. The number of carbonyl (C=O) groups excluding carboxylic acids is 1. The van der Waals surface area contributed by atoms with Gasteiger partial charge in [-0.2, -0.15) is 5.21 Å². The molecule has 3 rings (SSSR count). The minimum atomic E-state index is -1.09. The van der Waals surface area contributed by atoms with E-state index in [4.69, 9.17) is 5.11 Å². The first-order chi connectivity index (χ1) is 13.0. The lowest BCUT2D eigenvalue weighted by molar-refractivity contribution is -0.131. The fourth-order valence-electron chi connectivity index (χ4n) is 2.42. The average molecular weight is 365 g/mol. The van der Waals surface area contributed by atoms with E-state index < -0.39 is 11.8 Å². The van der Waals surface area contributed by atoms with Crippen LogP contribution in [0, 0.1) is 0 Å². The third-order valence-electron chi connectivity index (χ3n) is 3.65. The van der Waals surface area contributed by atoms with Gasteiger partial charge in [0.15, 0.2) is 0 Å². The number of carbonyl (C=O) groups is 2. The third-order valence-corrected chi connectivity index (χ3v) is 3.65. The number of carboxylic acid groups (broad SMARTS) is 1. The van der Waals surface area contributed by atoms with Gasteiger partial charge in [0.2, 0.25) is 11.6 Å². The smallest absolute Gasteiger partial charge is 0.328 e. The molecule has 0 aliphatic rings. The Morgan fingerprint density at radius 2 is 1.96 bits per heavy atom. The summed E-state index contributed by atoms with van der Waals surface area (Å²) in [6, 6.07) is 11.1. The Kier molecular flexibility index (Phi) is 5.22. The van der Waals surface area contributed by atoms with E-state index in [1.807, 2.05) is 30.3 Å². The maximum Gasteiger partial charge on any atom is 0.328 e. The molecular weight excluding hydrogens is 350 g/mol. The minimum absolute atomic E-state index is 0.170. The van der Waals surface area contributed by atoms with Crippen molar-refractivity contribution in [2.75, 3.05) is 0 Å². The number of benzene rings is 1. The molecule has 0 radical (unpaired) electrons. The van der Waals surface area contributed by atoms with Crippen molar-refractivity contribution in [3.05, 3.63) is 77.4 Å². The van der Waals surface area contributed by atoms with Crippen molar-refractivity contribution in [2.45, 2.75) is 6.54 Å². The number of aromatic amines is 1. The Labute approximate surface area is 153 Å². The molecule has 3 N–H and O–H groups in total. The second-order valence-corrected chi connectivity index (χ2v) is 5.57. The topological polar surface area (TPSA) is 134 Å². The Morgan fingerprint density at radius 3 is 2.63 bits per heavy atom. The Morgan fingerprint density at radius 1 is 1.19 bits per heavy atom. The number of tetrazole rings is 1. The van der Waals surface area contributed by atoms with Crippen LogP contribution in [0.2, 0.25) is 0 Å². The largest absolute Gasteiger partial charge is 0.507 e. The quantitative estimate of drug-likeness (QED) is 0.331. The van der Waals surface area contributed by atoms with Crippen LogP contribution in [0.4, 0.5) is 0 Å². The molecule has 3 aromatic rings. The van der Waals surface area contributed by atoms with Gasteiger partial charge >= 0.3 is 5.97 Å². The molecule has 0 saturated heterocycles. The summed E-state index contributed by atoms with van der Waals surface area (Å²) < 4.78 is 1.77. The number of hydrogen-bond acceptors (Lipinski definition) is 6. The lowest BCUT2D eigenvalue weighted by Gasteiger charge is -2.06. The van der Waals surface area contributed by atoms with Gasteiger partial charge in [0.25, 0.3) is 0 Å². The molecule has 1 aromatic carbocycles. The van der Waals surface area contributed by atoms with Crippen LogP contribution in [-0.2, 0) is 11.3 Å². The van der Waals surface area contributed by atoms with Gasteiger partial charge in [-0.05, 0) is 22.9 Å². The Bertz CT molecular complexity index is 1000. The van der Waals surface area contributed by atoms with Crippen LogP contribution < -0.4 is 0 Å². The highest BCUT2D eigenvalue weighted by atomic mass is 16.4. The van der Waals surface area contributed by atoms with Gasteiger partial charge in [0.1, 0.15) is 5.76 Å². The Balaban J connectivity index is 1.92. The van der Waals surface area contributed by atoms with Crippen LogP contribution in [0.5, 0.6) is 0 Å². The zero-order valence-corrected chi connectivity index (χ0v) is 14.0. The zero-order chi connectivity index (χ0) is 19.2. The monoisotopic (exact) mass is 365 g/mol. The van der Waals surface area contributed by atoms with E-state index in [2.05, 4.69) is 20.6 Å². The van der Waals surface area contributed by atoms with E-state index in [1.54, 1.807) is 16.8 Å².